The highest BCUT2D eigenvalue weighted by Gasteiger charge is 1.95. The first-order valence-electron chi connectivity index (χ1n) is 3.16. The molecule has 0 aliphatic rings. The van der Waals surface area contributed by atoms with Crippen LogP contribution in [0.25, 0.3) is 0 Å². The maximum Gasteiger partial charge on any atom is 0.231 e. The first-order valence-corrected chi connectivity index (χ1v) is 4.04. The van der Waals surface area contributed by atoms with E-state index in [4.69, 9.17) is 5.73 Å². The predicted molar refractivity (Wildman–Crippen MR) is 43.0 cm³/mol. The molecule has 0 fully saturated rings. The van der Waals surface area contributed by atoms with Crippen molar-refractivity contribution in [2.75, 3.05) is 6.54 Å². The van der Waals surface area contributed by atoms with Gasteiger partial charge in [-0.2, -0.15) is 0 Å². The summed E-state index contributed by atoms with van der Waals surface area (Å²) in [6.45, 7) is 0.820. The molecule has 0 saturated carbocycles. The van der Waals surface area contributed by atoms with E-state index in [-0.39, 0.29) is 12.5 Å². The van der Waals surface area contributed by atoms with E-state index in [0.717, 1.165) is 5.01 Å². The van der Waals surface area contributed by atoms with Gasteiger partial charge < -0.3 is 11.1 Å². The Hall–Kier alpha value is -0.940. The fourth-order valence-corrected chi connectivity index (χ4v) is 1.22. The molecule has 0 radical (unpaired) electrons. The molecule has 0 aromatic carbocycles. The average Bonchev–Trinajstić information content (AvgIpc) is 2.39. The molecule has 11 heavy (non-hydrogen) atoms. The zero-order valence-corrected chi connectivity index (χ0v) is 6.73. The summed E-state index contributed by atoms with van der Waals surface area (Å²) in [4.78, 5) is 14.3. The molecule has 3 N–H and O–H groups in total. The normalized spacial score (nSPS) is 9.82. The quantitative estimate of drug-likeness (QED) is 0.654. The monoisotopic (exact) mass is 171 g/mol. The summed E-state index contributed by atoms with van der Waals surface area (Å²) in [6, 6.07) is 0. The van der Waals surface area contributed by atoms with Crippen molar-refractivity contribution in [3.8, 4) is 0 Å². The van der Waals surface area contributed by atoms with E-state index in [2.05, 4.69) is 10.3 Å². The summed E-state index contributed by atoms with van der Waals surface area (Å²) in [5, 5.41) is 5.71. The van der Waals surface area contributed by atoms with Crippen LogP contribution < -0.4 is 11.1 Å². The minimum Gasteiger partial charge on any atom is -0.369 e. The molecule has 1 aromatic rings. The van der Waals surface area contributed by atoms with Crippen LogP contribution in [-0.2, 0) is 11.3 Å². The molecule has 4 nitrogen and oxygen atoms in total. The molecular formula is C6H9N3OS. The number of thiazole rings is 1. The highest BCUT2D eigenvalue weighted by atomic mass is 32.1. The van der Waals surface area contributed by atoms with Gasteiger partial charge in [0.05, 0.1) is 6.54 Å². The minimum absolute atomic E-state index is 0.208. The van der Waals surface area contributed by atoms with Gasteiger partial charge in [0.2, 0.25) is 5.91 Å². The van der Waals surface area contributed by atoms with E-state index in [9.17, 15) is 4.79 Å². The summed E-state index contributed by atoms with van der Waals surface area (Å²) in [5.74, 6) is -0.346. The van der Waals surface area contributed by atoms with Crippen molar-refractivity contribution < 1.29 is 4.79 Å². The second-order valence-electron chi connectivity index (χ2n) is 2.00. The van der Waals surface area contributed by atoms with Gasteiger partial charge in [0.25, 0.3) is 0 Å². The predicted octanol–water partition coefficient (Wildman–Crippen LogP) is -0.282. The second kappa shape index (κ2) is 4.05. The largest absolute Gasteiger partial charge is 0.369 e. The van der Waals surface area contributed by atoms with Gasteiger partial charge in [-0.3, -0.25) is 4.79 Å². The summed E-state index contributed by atoms with van der Waals surface area (Å²) in [7, 11) is 0. The van der Waals surface area contributed by atoms with Crippen molar-refractivity contribution in [2.24, 2.45) is 5.73 Å². The van der Waals surface area contributed by atoms with Gasteiger partial charge in [-0.25, -0.2) is 4.98 Å². The van der Waals surface area contributed by atoms with Gasteiger partial charge in [0.1, 0.15) is 5.01 Å². The van der Waals surface area contributed by atoms with Crippen molar-refractivity contribution in [1.29, 1.82) is 0 Å². The molecule has 1 rings (SSSR count). The van der Waals surface area contributed by atoms with Crippen LogP contribution >= 0.6 is 11.3 Å². The van der Waals surface area contributed by atoms with E-state index in [1.165, 1.54) is 0 Å². The van der Waals surface area contributed by atoms with Crippen LogP contribution in [0.3, 0.4) is 0 Å². The molecule has 5 heteroatoms. The topological polar surface area (TPSA) is 68.0 Å². The van der Waals surface area contributed by atoms with E-state index < -0.39 is 0 Å². The Bertz CT molecular complexity index is 222. The Balaban J connectivity index is 2.19. The van der Waals surface area contributed by atoms with Crippen LogP contribution in [0.2, 0.25) is 0 Å². The van der Waals surface area contributed by atoms with Crippen LogP contribution in [0.1, 0.15) is 5.01 Å². The minimum atomic E-state index is -0.346. The molecule has 1 heterocycles. The number of primary amides is 1. The molecule has 0 aliphatic carbocycles. The lowest BCUT2D eigenvalue weighted by Gasteiger charge is -1.96. The van der Waals surface area contributed by atoms with Crippen molar-refractivity contribution in [3.05, 3.63) is 16.6 Å². The molecule has 0 saturated heterocycles. The second-order valence-corrected chi connectivity index (χ2v) is 2.97. The van der Waals surface area contributed by atoms with Gasteiger partial charge in [0, 0.05) is 18.1 Å². The fraction of sp³-hybridized carbons (Fsp3) is 0.333. The maximum absolute atomic E-state index is 10.3. The van der Waals surface area contributed by atoms with Crippen LogP contribution in [0, 0.1) is 0 Å². The standard InChI is InChI=1S/C6H9N3OS/c7-5(10)3-8-4-6-9-1-2-11-6/h1-2,8H,3-4H2,(H2,7,10). The number of rotatable bonds is 4. The molecular weight excluding hydrogens is 162 g/mol. The number of carbonyl (C=O) groups excluding carboxylic acids is 1. The molecule has 1 aromatic heterocycles. The number of hydrogen-bond donors (Lipinski definition) is 2. The highest BCUT2D eigenvalue weighted by Crippen LogP contribution is 2.01. The lowest BCUT2D eigenvalue weighted by atomic mass is 10.6. The highest BCUT2D eigenvalue weighted by molar-refractivity contribution is 7.09. The molecule has 0 atom stereocenters. The number of nitrogens with two attached hydrogens (primary N) is 1. The summed E-state index contributed by atoms with van der Waals surface area (Å²) < 4.78 is 0. The average molecular weight is 171 g/mol. The Morgan fingerprint density at radius 2 is 2.64 bits per heavy atom. The molecule has 0 aliphatic heterocycles. The van der Waals surface area contributed by atoms with Crippen LogP contribution in [0.5, 0.6) is 0 Å². The van der Waals surface area contributed by atoms with E-state index in [1.807, 2.05) is 5.38 Å². The van der Waals surface area contributed by atoms with Gasteiger partial charge in [0.15, 0.2) is 0 Å². The van der Waals surface area contributed by atoms with Crippen molar-refractivity contribution >= 4 is 17.2 Å². The summed E-state index contributed by atoms with van der Waals surface area (Å²) in [5.41, 5.74) is 4.91. The van der Waals surface area contributed by atoms with Gasteiger partial charge in [-0.1, -0.05) is 0 Å². The third-order valence-electron chi connectivity index (χ3n) is 1.06. The van der Waals surface area contributed by atoms with E-state index in [1.54, 1.807) is 17.5 Å². The summed E-state index contributed by atoms with van der Waals surface area (Å²) in [6.07, 6.45) is 1.73. The molecule has 1 amide bonds. The number of aromatic nitrogens is 1. The third kappa shape index (κ3) is 3.10. The van der Waals surface area contributed by atoms with Gasteiger partial charge in [-0.15, -0.1) is 11.3 Å². The molecule has 0 bridgehead atoms. The van der Waals surface area contributed by atoms with E-state index in [0.29, 0.717) is 6.54 Å². The third-order valence-corrected chi connectivity index (χ3v) is 1.84. The van der Waals surface area contributed by atoms with Gasteiger partial charge in [-0.05, 0) is 0 Å². The fourth-order valence-electron chi connectivity index (χ4n) is 0.633. The molecule has 60 valence electrons. The number of nitrogens with one attached hydrogen (secondary N) is 1. The van der Waals surface area contributed by atoms with E-state index >= 15 is 0 Å². The smallest absolute Gasteiger partial charge is 0.231 e. The SMILES string of the molecule is NC(=O)CNCc1nccs1. The van der Waals surface area contributed by atoms with Crippen molar-refractivity contribution in [1.82, 2.24) is 10.3 Å². The van der Waals surface area contributed by atoms with Crippen LogP contribution in [-0.4, -0.2) is 17.4 Å². The number of amides is 1. The Kier molecular flexibility index (Phi) is 3.00. The number of carbonyl (C=O) groups is 1. The maximum atomic E-state index is 10.3. The molecule has 0 unspecified atom stereocenters. The van der Waals surface area contributed by atoms with Gasteiger partial charge >= 0.3 is 0 Å². The first-order chi connectivity index (χ1) is 5.29. The number of hydrogen-bond acceptors (Lipinski definition) is 4. The van der Waals surface area contributed by atoms with Crippen molar-refractivity contribution in [2.45, 2.75) is 6.54 Å². The first kappa shape index (κ1) is 8.16. The van der Waals surface area contributed by atoms with Crippen molar-refractivity contribution in [3.63, 3.8) is 0 Å². The zero-order valence-electron chi connectivity index (χ0n) is 5.91. The summed E-state index contributed by atoms with van der Waals surface area (Å²) >= 11 is 1.55. The lowest BCUT2D eigenvalue weighted by Crippen LogP contribution is -2.27. The van der Waals surface area contributed by atoms with Crippen LogP contribution in [0.15, 0.2) is 11.6 Å². The zero-order chi connectivity index (χ0) is 8.10. The Morgan fingerprint density at radius 1 is 1.82 bits per heavy atom. The number of nitrogens with zero attached hydrogens (tertiary/aromatic N) is 1. The lowest BCUT2D eigenvalue weighted by molar-refractivity contribution is -0.117. The Morgan fingerprint density at radius 3 is 3.18 bits per heavy atom. The van der Waals surface area contributed by atoms with Crippen LogP contribution in [0.4, 0.5) is 0 Å². The molecule has 0 spiro atoms. The Labute approximate surface area is 68.4 Å².